The van der Waals surface area contributed by atoms with Gasteiger partial charge in [0.1, 0.15) is 18.2 Å². The summed E-state index contributed by atoms with van der Waals surface area (Å²) in [5.41, 5.74) is 4.64. The van der Waals surface area contributed by atoms with Gasteiger partial charge in [0.2, 0.25) is 0 Å². The number of rotatable bonds is 4. The molecule has 0 unspecified atom stereocenters. The van der Waals surface area contributed by atoms with Crippen LogP contribution in [0.4, 0.5) is 0 Å². The number of carbonyl (C=O) groups excluding carboxylic acids is 1. The molecule has 0 fully saturated rings. The van der Waals surface area contributed by atoms with Crippen LogP contribution in [0.1, 0.15) is 32.9 Å². The fourth-order valence-corrected chi connectivity index (χ4v) is 3.39. The quantitative estimate of drug-likeness (QED) is 0.510. The topological polar surface area (TPSA) is 72.3 Å². The average Bonchev–Trinajstić information content (AvgIpc) is 3.23. The van der Waals surface area contributed by atoms with Gasteiger partial charge in [0.15, 0.2) is 0 Å². The van der Waals surface area contributed by atoms with Crippen molar-refractivity contribution >= 4 is 11.5 Å². The van der Waals surface area contributed by atoms with Crippen LogP contribution in [0.3, 0.4) is 0 Å². The second-order valence-electron chi connectivity index (χ2n) is 6.50. The van der Waals surface area contributed by atoms with Crippen molar-refractivity contribution in [3.8, 4) is 11.8 Å². The van der Waals surface area contributed by atoms with Crippen LogP contribution < -0.4 is 0 Å². The van der Waals surface area contributed by atoms with Crippen LogP contribution in [0.2, 0.25) is 0 Å². The summed E-state index contributed by atoms with van der Waals surface area (Å²) in [6.07, 6.45) is 3.67. The normalized spacial score (nSPS) is 10.8. The number of nitriles is 1. The lowest BCUT2D eigenvalue weighted by Crippen LogP contribution is -2.08. The van der Waals surface area contributed by atoms with E-state index in [1.54, 1.807) is 11.6 Å². The summed E-state index contributed by atoms with van der Waals surface area (Å²) in [7, 11) is 0. The highest BCUT2D eigenvalue weighted by molar-refractivity contribution is 5.92. The van der Waals surface area contributed by atoms with E-state index in [1.807, 2.05) is 72.2 Å². The molecule has 0 bridgehead atoms. The summed E-state index contributed by atoms with van der Waals surface area (Å²) in [6.45, 7) is 3.66. The zero-order valence-corrected chi connectivity index (χ0v) is 15.6. The van der Waals surface area contributed by atoms with Crippen molar-refractivity contribution in [1.29, 1.82) is 5.26 Å². The number of aromatic nitrogens is 3. The third kappa shape index (κ3) is 2.93. The minimum Gasteiger partial charge on any atom is -0.457 e. The van der Waals surface area contributed by atoms with E-state index in [0.717, 1.165) is 16.9 Å². The maximum absolute atomic E-state index is 12.8. The fraction of sp³-hybridized carbons (Fsp3) is 0.136. The molecule has 0 spiro atoms. The minimum absolute atomic E-state index is 0.0266. The SMILES string of the molecule is Cc1nn(-c2ccccc2)c(C)c1C(=O)OCc1cn2ccccc2c1C#N. The molecule has 0 amide bonds. The molecule has 0 atom stereocenters. The predicted octanol–water partition coefficient (Wildman–Crippen LogP) is 3.97. The maximum Gasteiger partial charge on any atom is 0.342 e. The first-order valence-electron chi connectivity index (χ1n) is 8.87. The van der Waals surface area contributed by atoms with E-state index in [0.29, 0.717) is 22.4 Å². The highest BCUT2D eigenvalue weighted by Gasteiger charge is 2.21. The first-order valence-corrected chi connectivity index (χ1v) is 8.87. The molecule has 6 heteroatoms. The van der Waals surface area contributed by atoms with Gasteiger partial charge >= 0.3 is 5.97 Å². The van der Waals surface area contributed by atoms with Gasteiger partial charge in [-0.25, -0.2) is 9.48 Å². The van der Waals surface area contributed by atoms with Crippen molar-refractivity contribution < 1.29 is 9.53 Å². The van der Waals surface area contributed by atoms with Crippen molar-refractivity contribution in [1.82, 2.24) is 14.2 Å². The summed E-state index contributed by atoms with van der Waals surface area (Å²) in [4.78, 5) is 12.8. The van der Waals surface area contributed by atoms with Crippen molar-refractivity contribution in [2.75, 3.05) is 0 Å². The van der Waals surface area contributed by atoms with E-state index in [9.17, 15) is 10.1 Å². The first-order chi connectivity index (χ1) is 13.6. The number of aryl methyl sites for hydroxylation is 1. The standard InChI is InChI=1S/C22H18N4O2/c1-15-21(16(2)26(24-15)18-8-4-3-5-9-18)22(27)28-14-17-13-25-11-7-6-10-20(25)19(17)12-23/h3-11,13H,14H2,1-2H3. The summed E-state index contributed by atoms with van der Waals surface area (Å²) < 4.78 is 9.13. The van der Waals surface area contributed by atoms with Gasteiger partial charge in [0.05, 0.1) is 28.2 Å². The van der Waals surface area contributed by atoms with Crippen molar-refractivity contribution in [3.05, 3.63) is 89.0 Å². The summed E-state index contributed by atoms with van der Waals surface area (Å²) in [5.74, 6) is -0.448. The number of carbonyl (C=O) groups is 1. The molecule has 28 heavy (non-hydrogen) atoms. The van der Waals surface area contributed by atoms with Crippen LogP contribution in [0.25, 0.3) is 11.2 Å². The number of para-hydroxylation sites is 1. The van der Waals surface area contributed by atoms with Gasteiger partial charge in [-0.3, -0.25) is 0 Å². The zero-order chi connectivity index (χ0) is 19.7. The Hall–Kier alpha value is -3.85. The number of esters is 1. The molecule has 3 heterocycles. The molecule has 4 rings (SSSR count). The van der Waals surface area contributed by atoms with E-state index in [4.69, 9.17) is 4.74 Å². The Morgan fingerprint density at radius 3 is 2.64 bits per heavy atom. The number of hydrogen-bond donors (Lipinski definition) is 0. The Bertz CT molecular complexity index is 1210. The van der Waals surface area contributed by atoms with E-state index >= 15 is 0 Å². The molecule has 0 radical (unpaired) electrons. The third-order valence-electron chi connectivity index (χ3n) is 4.73. The lowest BCUT2D eigenvalue weighted by Gasteiger charge is -2.06. The first kappa shape index (κ1) is 17.6. The average molecular weight is 370 g/mol. The Morgan fingerprint density at radius 1 is 1.14 bits per heavy atom. The van der Waals surface area contributed by atoms with Crippen LogP contribution in [0.5, 0.6) is 0 Å². The van der Waals surface area contributed by atoms with Gasteiger partial charge in [-0.05, 0) is 38.1 Å². The van der Waals surface area contributed by atoms with E-state index in [2.05, 4.69) is 11.2 Å². The van der Waals surface area contributed by atoms with Gasteiger partial charge in [-0.1, -0.05) is 24.3 Å². The number of ether oxygens (including phenoxy) is 1. The van der Waals surface area contributed by atoms with Crippen LogP contribution in [-0.4, -0.2) is 20.2 Å². The number of benzene rings is 1. The summed E-state index contributed by atoms with van der Waals surface area (Å²) in [6, 6.07) is 17.5. The molecule has 1 aromatic carbocycles. The smallest absolute Gasteiger partial charge is 0.342 e. The van der Waals surface area contributed by atoms with Crippen LogP contribution in [-0.2, 0) is 11.3 Å². The molecule has 0 N–H and O–H groups in total. The molecular weight excluding hydrogens is 352 g/mol. The number of hydrogen-bond acceptors (Lipinski definition) is 4. The van der Waals surface area contributed by atoms with Gasteiger partial charge in [-0.2, -0.15) is 10.4 Å². The fourth-order valence-electron chi connectivity index (χ4n) is 3.39. The van der Waals surface area contributed by atoms with Gasteiger partial charge < -0.3 is 9.14 Å². The molecule has 0 aliphatic heterocycles. The Balaban J connectivity index is 1.60. The molecule has 138 valence electrons. The molecule has 6 nitrogen and oxygen atoms in total. The number of pyridine rings is 1. The van der Waals surface area contributed by atoms with Crippen molar-refractivity contribution in [2.24, 2.45) is 0 Å². The highest BCUT2D eigenvalue weighted by Crippen LogP contribution is 2.22. The van der Waals surface area contributed by atoms with Gasteiger partial charge in [0.25, 0.3) is 0 Å². The van der Waals surface area contributed by atoms with E-state index < -0.39 is 5.97 Å². The molecule has 0 saturated carbocycles. The number of nitrogens with zero attached hydrogens (tertiary/aromatic N) is 4. The Labute approximate surface area is 162 Å². The van der Waals surface area contributed by atoms with E-state index in [1.165, 1.54) is 0 Å². The molecular formula is C22H18N4O2. The number of fused-ring (bicyclic) bond motifs is 1. The van der Waals surface area contributed by atoms with Gasteiger partial charge in [-0.15, -0.1) is 0 Å². The minimum atomic E-state index is -0.448. The molecule has 0 saturated heterocycles. The molecule has 0 aliphatic rings. The third-order valence-corrected chi connectivity index (χ3v) is 4.73. The van der Waals surface area contributed by atoms with Crippen LogP contribution in [0.15, 0.2) is 60.9 Å². The van der Waals surface area contributed by atoms with E-state index in [-0.39, 0.29) is 6.61 Å². The largest absolute Gasteiger partial charge is 0.457 e. The highest BCUT2D eigenvalue weighted by atomic mass is 16.5. The van der Waals surface area contributed by atoms with Crippen molar-refractivity contribution in [2.45, 2.75) is 20.5 Å². The monoisotopic (exact) mass is 370 g/mol. The van der Waals surface area contributed by atoms with Crippen LogP contribution in [0, 0.1) is 25.2 Å². The second kappa shape index (κ2) is 7.05. The lowest BCUT2D eigenvalue weighted by molar-refractivity contribution is 0.0471. The zero-order valence-electron chi connectivity index (χ0n) is 15.6. The Kier molecular flexibility index (Phi) is 4.42. The Morgan fingerprint density at radius 2 is 1.89 bits per heavy atom. The lowest BCUT2D eigenvalue weighted by atomic mass is 10.2. The van der Waals surface area contributed by atoms with Crippen LogP contribution >= 0.6 is 0 Å². The summed E-state index contributed by atoms with van der Waals surface area (Å²) in [5, 5.41) is 14.0. The molecule has 3 aromatic heterocycles. The van der Waals surface area contributed by atoms with Crippen molar-refractivity contribution in [3.63, 3.8) is 0 Å². The molecule has 4 aromatic rings. The predicted molar refractivity (Wildman–Crippen MR) is 104 cm³/mol. The summed E-state index contributed by atoms with van der Waals surface area (Å²) >= 11 is 0. The van der Waals surface area contributed by atoms with Gasteiger partial charge in [0, 0.05) is 18.0 Å². The maximum atomic E-state index is 12.8. The second-order valence-corrected chi connectivity index (χ2v) is 6.50. The molecule has 0 aliphatic carbocycles.